The fraction of sp³-hybridized carbons (Fsp3) is 0.769. The SMILES string of the molecule is CCn1cnnc1CNC(C)C(=O)N1CCCCC1. The lowest BCUT2D eigenvalue weighted by Crippen LogP contribution is -2.46. The number of piperidine rings is 1. The van der Waals surface area contributed by atoms with Crippen LogP contribution in [0.25, 0.3) is 0 Å². The van der Waals surface area contributed by atoms with Crippen molar-refractivity contribution in [2.75, 3.05) is 13.1 Å². The van der Waals surface area contributed by atoms with E-state index in [0.717, 1.165) is 38.3 Å². The number of aryl methyl sites for hydroxylation is 1. The number of aromatic nitrogens is 3. The fourth-order valence-corrected chi connectivity index (χ4v) is 2.40. The lowest BCUT2D eigenvalue weighted by molar-refractivity contribution is -0.133. The molecule has 1 aromatic rings. The van der Waals surface area contributed by atoms with Crippen molar-refractivity contribution < 1.29 is 4.79 Å². The molecule has 1 fully saturated rings. The molecule has 1 saturated heterocycles. The third-order valence-corrected chi connectivity index (χ3v) is 3.64. The van der Waals surface area contributed by atoms with Crippen molar-refractivity contribution >= 4 is 5.91 Å². The minimum atomic E-state index is -0.167. The van der Waals surface area contributed by atoms with Gasteiger partial charge in [0, 0.05) is 19.6 Å². The van der Waals surface area contributed by atoms with Gasteiger partial charge in [0.25, 0.3) is 0 Å². The van der Waals surface area contributed by atoms with Gasteiger partial charge in [-0.05, 0) is 33.1 Å². The van der Waals surface area contributed by atoms with E-state index in [9.17, 15) is 4.79 Å². The van der Waals surface area contributed by atoms with Crippen LogP contribution < -0.4 is 5.32 Å². The molecule has 1 aliphatic heterocycles. The highest BCUT2D eigenvalue weighted by Gasteiger charge is 2.21. The Balaban J connectivity index is 1.83. The highest BCUT2D eigenvalue weighted by Crippen LogP contribution is 2.10. The third-order valence-electron chi connectivity index (χ3n) is 3.64. The molecule has 1 aliphatic rings. The zero-order chi connectivity index (χ0) is 13.7. The van der Waals surface area contributed by atoms with Crippen molar-refractivity contribution in [3.8, 4) is 0 Å². The number of hydrogen-bond acceptors (Lipinski definition) is 4. The van der Waals surface area contributed by atoms with Gasteiger partial charge in [0.1, 0.15) is 12.2 Å². The molecule has 0 radical (unpaired) electrons. The minimum Gasteiger partial charge on any atom is -0.341 e. The smallest absolute Gasteiger partial charge is 0.239 e. The van der Waals surface area contributed by atoms with Gasteiger partial charge in [-0.3, -0.25) is 10.1 Å². The lowest BCUT2D eigenvalue weighted by atomic mass is 10.1. The van der Waals surface area contributed by atoms with Crippen LogP contribution in [-0.2, 0) is 17.9 Å². The summed E-state index contributed by atoms with van der Waals surface area (Å²) in [6, 6.07) is -0.167. The summed E-state index contributed by atoms with van der Waals surface area (Å²) < 4.78 is 1.98. The molecule has 1 N–H and O–H groups in total. The molecule has 2 heterocycles. The molecule has 1 aromatic heterocycles. The monoisotopic (exact) mass is 265 g/mol. The summed E-state index contributed by atoms with van der Waals surface area (Å²) in [5.41, 5.74) is 0. The number of hydrogen-bond donors (Lipinski definition) is 1. The third kappa shape index (κ3) is 3.53. The van der Waals surface area contributed by atoms with Crippen molar-refractivity contribution in [2.24, 2.45) is 0 Å². The Morgan fingerprint density at radius 2 is 2.16 bits per heavy atom. The Morgan fingerprint density at radius 3 is 2.84 bits per heavy atom. The summed E-state index contributed by atoms with van der Waals surface area (Å²) in [6.07, 6.45) is 5.21. The average molecular weight is 265 g/mol. The normalized spacial score (nSPS) is 17.5. The van der Waals surface area contributed by atoms with Crippen LogP contribution in [0.4, 0.5) is 0 Å². The van der Waals surface area contributed by atoms with Gasteiger partial charge in [0.15, 0.2) is 0 Å². The molecule has 0 saturated carbocycles. The highest BCUT2D eigenvalue weighted by atomic mass is 16.2. The van der Waals surface area contributed by atoms with E-state index in [1.165, 1.54) is 6.42 Å². The molecule has 6 nitrogen and oxygen atoms in total. The number of nitrogens with zero attached hydrogens (tertiary/aromatic N) is 4. The van der Waals surface area contributed by atoms with E-state index in [2.05, 4.69) is 22.4 Å². The molecule has 19 heavy (non-hydrogen) atoms. The Hall–Kier alpha value is -1.43. The van der Waals surface area contributed by atoms with Crippen molar-refractivity contribution in [1.82, 2.24) is 25.0 Å². The second-order valence-electron chi connectivity index (χ2n) is 5.02. The second kappa shape index (κ2) is 6.65. The zero-order valence-corrected chi connectivity index (χ0v) is 11.8. The largest absolute Gasteiger partial charge is 0.341 e. The summed E-state index contributed by atoms with van der Waals surface area (Å²) in [7, 11) is 0. The van der Waals surface area contributed by atoms with E-state index in [-0.39, 0.29) is 11.9 Å². The lowest BCUT2D eigenvalue weighted by Gasteiger charge is -2.29. The van der Waals surface area contributed by atoms with E-state index >= 15 is 0 Å². The molecule has 106 valence electrons. The predicted molar refractivity (Wildman–Crippen MR) is 72.4 cm³/mol. The highest BCUT2D eigenvalue weighted by molar-refractivity contribution is 5.81. The van der Waals surface area contributed by atoms with E-state index in [1.807, 2.05) is 16.4 Å². The van der Waals surface area contributed by atoms with Crippen LogP contribution in [0, 0.1) is 0 Å². The molecule has 0 aliphatic carbocycles. The standard InChI is InChI=1S/C13H23N5O/c1-3-17-10-15-16-12(17)9-14-11(2)13(19)18-7-5-4-6-8-18/h10-11,14H,3-9H2,1-2H3. The first-order chi connectivity index (χ1) is 9.22. The first-order valence-electron chi connectivity index (χ1n) is 7.11. The number of amides is 1. The van der Waals surface area contributed by atoms with Gasteiger partial charge in [-0.2, -0.15) is 0 Å². The Kier molecular flexibility index (Phi) is 4.90. The maximum Gasteiger partial charge on any atom is 0.239 e. The quantitative estimate of drug-likeness (QED) is 0.855. The molecular weight excluding hydrogens is 242 g/mol. The van der Waals surface area contributed by atoms with Crippen LogP contribution in [-0.4, -0.2) is 44.7 Å². The number of carbonyl (C=O) groups excluding carboxylic acids is 1. The van der Waals surface area contributed by atoms with Gasteiger partial charge >= 0.3 is 0 Å². The summed E-state index contributed by atoms with van der Waals surface area (Å²) >= 11 is 0. The number of likely N-dealkylation sites (tertiary alicyclic amines) is 1. The number of nitrogens with one attached hydrogen (secondary N) is 1. The van der Waals surface area contributed by atoms with Crippen LogP contribution in [0.1, 0.15) is 38.9 Å². The zero-order valence-electron chi connectivity index (χ0n) is 11.8. The van der Waals surface area contributed by atoms with E-state index in [1.54, 1.807) is 6.33 Å². The maximum absolute atomic E-state index is 12.2. The maximum atomic E-state index is 12.2. The molecule has 0 bridgehead atoms. The van der Waals surface area contributed by atoms with Crippen molar-refractivity contribution in [1.29, 1.82) is 0 Å². The molecule has 1 atom stereocenters. The minimum absolute atomic E-state index is 0.167. The summed E-state index contributed by atoms with van der Waals surface area (Å²) in [4.78, 5) is 14.2. The van der Waals surface area contributed by atoms with Crippen LogP contribution in [0.5, 0.6) is 0 Å². The molecular formula is C13H23N5O. The summed E-state index contributed by atoms with van der Waals surface area (Å²) in [5.74, 6) is 1.07. The summed E-state index contributed by atoms with van der Waals surface area (Å²) in [5, 5.41) is 11.2. The Bertz CT molecular complexity index is 411. The van der Waals surface area contributed by atoms with Crippen LogP contribution in [0.15, 0.2) is 6.33 Å². The van der Waals surface area contributed by atoms with E-state index < -0.39 is 0 Å². The number of rotatable bonds is 5. The molecule has 0 aromatic carbocycles. The van der Waals surface area contributed by atoms with Crippen molar-refractivity contribution in [2.45, 2.75) is 52.2 Å². The van der Waals surface area contributed by atoms with E-state index in [0.29, 0.717) is 6.54 Å². The van der Waals surface area contributed by atoms with Gasteiger partial charge < -0.3 is 9.47 Å². The van der Waals surface area contributed by atoms with Crippen LogP contribution in [0.2, 0.25) is 0 Å². The topological polar surface area (TPSA) is 63.1 Å². The van der Waals surface area contributed by atoms with Crippen LogP contribution in [0.3, 0.4) is 0 Å². The van der Waals surface area contributed by atoms with Gasteiger partial charge in [-0.1, -0.05) is 0 Å². The molecule has 6 heteroatoms. The predicted octanol–water partition coefficient (Wildman–Crippen LogP) is 0.789. The average Bonchev–Trinajstić information content (AvgIpc) is 2.92. The molecule has 1 amide bonds. The first kappa shape index (κ1) is 14.0. The first-order valence-corrected chi connectivity index (χ1v) is 7.11. The van der Waals surface area contributed by atoms with Crippen molar-refractivity contribution in [3.63, 3.8) is 0 Å². The summed E-state index contributed by atoms with van der Waals surface area (Å²) in [6.45, 7) is 7.19. The second-order valence-corrected chi connectivity index (χ2v) is 5.02. The molecule has 0 spiro atoms. The van der Waals surface area contributed by atoms with Gasteiger partial charge in [-0.15, -0.1) is 10.2 Å². The van der Waals surface area contributed by atoms with Gasteiger partial charge in [-0.25, -0.2) is 0 Å². The fourth-order valence-electron chi connectivity index (χ4n) is 2.40. The van der Waals surface area contributed by atoms with Gasteiger partial charge in [0.05, 0.1) is 12.6 Å². The van der Waals surface area contributed by atoms with Crippen LogP contribution >= 0.6 is 0 Å². The number of carbonyl (C=O) groups is 1. The molecule has 1 unspecified atom stereocenters. The van der Waals surface area contributed by atoms with Gasteiger partial charge in [0.2, 0.25) is 5.91 Å². The Labute approximate surface area is 114 Å². The van der Waals surface area contributed by atoms with Crippen molar-refractivity contribution in [3.05, 3.63) is 12.2 Å². The molecule has 2 rings (SSSR count). The Morgan fingerprint density at radius 1 is 1.42 bits per heavy atom. The van der Waals surface area contributed by atoms with E-state index in [4.69, 9.17) is 0 Å².